The molecule has 1 N–H and O–H groups in total. The topological polar surface area (TPSA) is 21.3 Å². The van der Waals surface area contributed by atoms with Gasteiger partial charge in [-0.1, -0.05) is 32.6 Å². The standard InChI is InChI=1S/C13H27NO/c1-3-10-14-13(11-15-2)9-8-12-6-4-5-7-12/h12-14H,3-11H2,1-2H3. The predicted octanol–water partition coefficient (Wildman–Crippen LogP) is 2.97. The normalized spacial score (nSPS) is 19.6. The maximum atomic E-state index is 5.25. The van der Waals surface area contributed by atoms with Crippen molar-refractivity contribution in [1.29, 1.82) is 0 Å². The van der Waals surface area contributed by atoms with Crippen LogP contribution in [0.5, 0.6) is 0 Å². The lowest BCUT2D eigenvalue weighted by atomic mass is 9.99. The molecule has 0 spiro atoms. The third kappa shape index (κ3) is 5.53. The van der Waals surface area contributed by atoms with Gasteiger partial charge in [0, 0.05) is 13.2 Å². The molecule has 90 valence electrons. The van der Waals surface area contributed by atoms with Gasteiger partial charge in [-0.15, -0.1) is 0 Å². The zero-order valence-corrected chi connectivity index (χ0v) is 10.4. The molecule has 0 heterocycles. The van der Waals surface area contributed by atoms with Crippen molar-refractivity contribution in [2.45, 2.75) is 57.9 Å². The van der Waals surface area contributed by atoms with Gasteiger partial charge in [0.25, 0.3) is 0 Å². The van der Waals surface area contributed by atoms with Gasteiger partial charge in [-0.3, -0.25) is 0 Å². The molecule has 2 nitrogen and oxygen atoms in total. The molecule has 0 aliphatic heterocycles. The third-order valence-corrected chi connectivity index (χ3v) is 3.45. The summed E-state index contributed by atoms with van der Waals surface area (Å²) in [5.41, 5.74) is 0. The maximum Gasteiger partial charge on any atom is 0.0615 e. The second kappa shape index (κ2) is 8.12. The Morgan fingerprint density at radius 2 is 2.07 bits per heavy atom. The molecular weight excluding hydrogens is 186 g/mol. The van der Waals surface area contributed by atoms with Crippen LogP contribution >= 0.6 is 0 Å². The molecule has 0 bridgehead atoms. The average molecular weight is 213 g/mol. The van der Waals surface area contributed by atoms with Crippen molar-refractivity contribution in [2.24, 2.45) is 5.92 Å². The van der Waals surface area contributed by atoms with Gasteiger partial charge in [-0.25, -0.2) is 0 Å². The molecule has 0 aromatic heterocycles. The van der Waals surface area contributed by atoms with Crippen LogP contribution < -0.4 is 5.32 Å². The van der Waals surface area contributed by atoms with Crippen molar-refractivity contribution in [3.63, 3.8) is 0 Å². The van der Waals surface area contributed by atoms with E-state index in [0.717, 1.165) is 19.1 Å². The first-order chi connectivity index (χ1) is 7.36. The van der Waals surface area contributed by atoms with Gasteiger partial charge in [0.2, 0.25) is 0 Å². The van der Waals surface area contributed by atoms with Crippen molar-refractivity contribution in [1.82, 2.24) is 5.32 Å². The molecule has 1 aliphatic carbocycles. The molecule has 1 rings (SSSR count). The first-order valence-corrected chi connectivity index (χ1v) is 6.59. The fourth-order valence-electron chi connectivity index (χ4n) is 2.53. The van der Waals surface area contributed by atoms with Crippen LogP contribution in [0.25, 0.3) is 0 Å². The number of rotatable bonds is 8. The van der Waals surface area contributed by atoms with Gasteiger partial charge in [-0.2, -0.15) is 0 Å². The van der Waals surface area contributed by atoms with Crippen molar-refractivity contribution in [3.8, 4) is 0 Å². The highest BCUT2D eigenvalue weighted by atomic mass is 16.5. The minimum absolute atomic E-state index is 0.579. The minimum Gasteiger partial charge on any atom is -0.383 e. The van der Waals surface area contributed by atoms with Crippen LogP contribution in [0.1, 0.15) is 51.9 Å². The second-order valence-electron chi connectivity index (χ2n) is 4.83. The van der Waals surface area contributed by atoms with Gasteiger partial charge in [-0.05, 0) is 31.7 Å². The van der Waals surface area contributed by atoms with E-state index in [0.29, 0.717) is 6.04 Å². The number of nitrogens with one attached hydrogen (secondary N) is 1. The Labute approximate surface area is 94.8 Å². The lowest BCUT2D eigenvalue weighted by Crippen LogP contribution is -2.34. The molecular formula is C13H27NO. The van der Waals surface area contributed by atoms with Crippen LogP contribution in [0.4, 0.5) is 0 Å². The Bertz CT molecular complexity index is 143. The smallest absolute Gasteiger partial charge is 0.0615 e. The number of hydrogen-bond acceptors (Lipinski definition) is 2. The van der Waals surface area contributed by atoms with Crippen molar-refractivity contribution in [2.75, 3.05) is 20.3 Å². The van der Waals surface area contributed by atoms with Gasteiger partial charge < -0.3 is 10.1 Å². The first kappa shape index (κ1) is 13.0. The van der Waals surface area contributed by atoms with E-state index >= 15 is 0 Å². The molecule has 15 heavy (non-hydrogen) atoms. The summed E-state index contributed by atoms with van der Waals surface area (Å²) >= 11 is 0. The first-order valence-electron chi connectivity index (χ1n) is 6.59. The van der Waals surface area contributed by atoms with Crippen molar-refractivity contribution < 1.29 is 4.74 Å². The monoisotopic (exact) mass is 213 g/mol. The quantitative estimate of drug-likeness (QED) is 0.669. The summed E-state index contributed by atoms with van der Waals surface area (Å²) < 4.78 is 5.25. The lowest BCUT2D eigenvalue weighted by Gasteiger charge is -2.19. The summed E-state index contributed by atoms with van der Waals surface area (Å²) in [6.45, 7) is 4.21. The predicted molar refractivity (Wildman–Crippen MR) is 65.1 cm³/mol. The highest BCUT2D eigenvalue weighted by Gasteiger charge is 2.16. The molecule has 0 aromatic carbocycles. The summed E-state index contributed by atoms with van der Waals surface area (Å²) in [5, 5.41) is 3.57. The third-order valence-electron chi connectivity index (χ3n) is 3.45. The van der Waals surface area contributed by atoms with Gasteiger partial charge in [0.1, 0.15) is 0 Å². The van der Waals surface area contributed by atoms with Crippen LogP contribution in [0, 0.1) is 5.92 Å². The van der Waals surface area contributed by atoms with Gasteiger partial charge >= 0.3 is 0 Å². The van der Waals surface area contributed by atoms with E-state index in [1.807, 2.05) is 0 Å². The highest BCUT2D eigenvalue weighted by molar-refractivity contribution is 4.72. The zero-order valence-electron chi connectivity index (χ0n) is 10.4. The molecule has 0 aromatic rings. The lowest BCUT2D eigenvalue weighted by molar-refractivity contribution is 0.159. The van der Waals surface area contributed by atoms with Crippen LogP contribution in [0.2, 0.25) is 0 Å². The Balaban J connectivity index is 2.11. The van der Waals surface area contributed by atoms with E-state index in [4.69, 9.17) is 4.74 Å². The SMILES string of the molecule is CCCNC(CCC1CCCC1)COC. The van der Waals surface area contributed by atoms with E-state index in [-0.39, 0.29) is 0 Å². The van der Waals surface area contributed by atoms with E-state index in [9.17, 15) is 0 Å². The molecule has 1 atom stereocenters. The Hall–Kier alpha value is -0.0800. The Morgan fingerprint density at radius 1 is 1.33 bits per heavy atom. The fraction of sp³-hybridized carbons (Fsp3) is 1.00. The summed E-state index contributed by atoms with van der Waals surface area (Å²) in [4.78, 5) is 0. The molecule has 1 aliphatic rings. The van der Waals surface area contributed by atoms with Crippen molar-refractivity contribution >= 4 is 0 Å². The van der Waals surface area contributed by atoms with Crippen LogP contribution in [-0.4, -0.2) is 26.3 Å². The highest BCUT2D eigenvalue weighted by Crippen LogP contribution is 2.28. The van der Waals surface area contributed by atoms with E-state index < -0.39 is 0 Å². The Kier molecular flexibility index (Phi) is 7.03. The molecule has 2 heteroatoms. The molecule has 0 saturated heterocycles. The van der Waals surface area contributed by atoms with Crippen LogP contribution in [0.15, 0.2) is 0 Å². The van der Waals surface area contributed by atoms with Crippen LogP contribution in [-0.2, 0) is 4.74 Å². The molecule has 0 amide bonds. The number of hydrogen-bond donors (Lipinski definition) is 1. The second-order valence-corrected chi connectivity index (χ2v) is 4.83. The molecule has 1 fully saturated rings. The summed E-state index contributed by atoms with van der Waals surface area (Å²) in [6, 6.07) is 0.579. The van der Waals surface area contributed by atoms with E-state index in [2.05, 4.69) is 12.2 Å². The maximum absolute atomic E-state index is 5.25. The number of methoxy groups -OCH3 is 1. The summed E-state index contributed by atoms with van der Waals surface area (Å²) in [5.74, 6) is 1.01. The largest absolute Gasteiger partial charge is 0.383 e. The Morgan fingerprint density at radius 3 is 2.67 bits per heavy atom. The zero-order chi connectivity index (χ0) is 10.9. The molecule has 0 radical (unpaired) electrons. The molecule has 1 unspecified atom stereocenters. The fourth-order valence-corrected chi connectivity index (χ4v) is 2.53. The van der Waals surface area contributed by atoms with Crippen LogP contribution in [0.3, 0.4) is 0 Å². The minimum atomic E-state index is 0.579. The van der Waals surface area contributed by atoms with Gasteiger partial charge in [0.05, 0.1) is 6.61 Å². The van der Waals surface area contributed by atoms with E-state index in [1.54, 1.807) is 7.11 Å². The van der Waals surface area contributed by atoms with E-state index in [1.165, 1.54) is 44.9 Å². The van der Waals surface area contributed by atoms with Gasteiger partial charge in [0.15, 0.2) is 0 Å². The summed E-state index contributed by atoms with van der Waals surface area (Å²) in [7, 11) is 1.80. The average Bonchev–Trinajstić information content (AvgIpc) is 2.75. The molecule has 1 saturated carbocycles. The van der Waals surface area contributed by atoms with Crippen molar-refractivity contribution in [3.05, 3.63) is 0 Å². The summed E-state index contributed by atoms with van der Waals surface area (Å²) in [6.07, 6.45) is 9.75. The number of ether oxygens (including phenoxy) is 1.